The largest absolute Gasteiger partial charge is 0.507 e. The maximum atomic E-state index is 11.8. The van der Waals surface area contributed by atoms with Crippen molar-refractivity contribution in [3.8, 4) is 5.75 Å². The van der Waals surface area contributed by atoms with E-state index >= 15 is 0 Å². The molecule has 1 amide bonds. The van der Waals surface area contributed by atoms with Crippen molar-refractivity contribution in [2.24, 2.45) is 0 Å². The molecule has 1 aromatic carbocycles. The number of hydrogen-bond donors (Lipinski definition) is 3. The van der Waals surface area contributed by atoms with Gasteiger partial charge in [0.15, 0.2) is 0 Å². The van der Waals surface area contributed by atoms with Gasteiger partial charge in [0.25, 0.3) is 5.91 Å². The van der Waals surface area contributed by atoms with E-state index in [1.807, 2.05) is 13.8 Å². The molecule has 17 heavy (non-hydrogen) atoms. The second-order valence-corrected chi connectivity index (χ2v) is 4.75. The summed E-state index contributed by atoms with van der Waals surface area (Å²) in [6.45, 7) is 5.39. The average molecular weight is 301 g/mol. The van der Waals surface area contributed by atoms with Crippen LogP contribution in [0.5, 0.6) is 5.75 Å². The highest BCUT2D eigenvalue weighted by atomic mass is 79.9. The van der Waals surface area contributed by atoms with Crippen molar-refractivity contribution in [1.82, 2.24) is 10.6 Å². The molecular formula is C12H17BrN2O2. The Kier molecular flexibility index (Phi) is 5.44. The van der Waals surface area contributed by atoms with Gasteiger partial charge < -0.3 is 15.7 Å². The summed E-state index contributed by atoms with van der Waals surface area (Å²) in [5.74, 6) is -0.282. The van der Waals surface area contributed by atoms with Crippen LogP contribution in [0.15, 0.2) is 22.7 Å². The Morgan fingerprint density at radius 1 is 1.53 bits per heavy atom. The standard InChI is InChI=1S/C12H17BrN2O2/c1-3-14-8(2)7-15-12(17)10-6-9(13)4-5-11(10)16/h4-6,8,14,16H,3,7H2,1-2H3,(H,15,17)/t8-/m1/s1. The third kappa shape index (κ3) is 4.36. The molecule has 0 fully saturated rings. The molecular weight excluding hydrogens is 284 g/mol. The van der Waals surface area contributed by atoms with E-state index in [0.29, 0.717) is 6.54 Å². The summed E-state index contributed by atoms with van der Waals surface area (Å²) < 4.78 is 0.764. The van der Waals surface area contributed by atoms with Crippen LogP contribution in [0.4, 0.5) is 0 Å². The van der Waals surface area contributed by atoms with Gasteiger partial charge in [0, 0.05) is 17.1 Å². The van der Waals surface area contributed by atoms with Crippen molar-refractivity contribution < 1.29 is 9.90 Å². The zero-order valence-electron chi connectivity index (χ0n) is 9.96. The maximum Gasteiger partial charge on any atom is 0.255 e. The third-order valence-corrected chi connectivity index (χ3v) is 2.82. The fraction of sp³-hybridized carbons (Fsp3) is 0.417. The van der Waals surface area contributed by atoms with E-state index in [9.17, 15) is 9.90 Å². The van der Waals surface area contributed by atoms with Crippen LogP contribution in [-0.4, -0.2) is 30.1 Å². The normalized spacial score (nSPS) is 12.2. The predicted molar refractivity (Wildman–Crippen MR) is 71.3 cm³/mol. The Hall–Kier alpha value is -1.07. The highest BCUT2D eigenvalue weighted by molar-refractivity contribution is 9.10. The van der Waals surface area contributed by atoms with Gasteiger partial charge in [-0.2, -0.15) is 0 Å². The minimum absolute atomic E-state index is 0.0122. The van der Waals surface area contributed by atoms with Crippen molar-refractivity contribution in [3.05, 3.63) is 28.2 Å². The number of aromatic hydroxyl groups is 1. The number of phenolic OH excluding ortho intramolecular Hbond substituents is 1. The van der Waals surface area contributed by atoms with E-state index in [-0.39, 0.29) is 23.3 Å². The topological polar surface area (TPSA) is 61.4 Å². The minimum atomic E-state index is -0.270. The molecule has 0 spiro atoms. The van der Waals surface area contributed by atoms with E-state index in [1.54, 1.807) is 12.1 Å². The van der Waals surface area contributed by atoms with Gasteiger partial charge >= 0.3 is 0 Å². The Balaban J connectivity index is 2.61. The molecule has 0 aromatic heterocycles. The van der Waals surface area contributed by atoms with Gasteiger partial charge in [-0.15, -0.1) is 0 Å². The third-order valence-electron chi connectivity index (χ3n) is 2.32. The molecule has 0 radical (unpaired) electrons. The molecule has 0 unspecified atom stereocenters. The fourth-order valence-corrected chi connectivity index (χ4v) is 1.81. The molecule has 0 aliphatic carbocycles. The van der Waals surface area contributed by atoms with E-state index in [1.165, 1.54) is 6.07 Å². The number of hydrogen-bond acceptors (Lipinski definition) is 3. The lowest BCUT2D eigenvalue weighted by molar-refractivity contribution is 0.0947. The molecule has 1 atom stereocenters. The molecule has 5 heteroatoms. The molecule has 1 aromatic rings. The molecule has 4 nitrogen and oxygen atoms in total. The maximum absolute atomic E-state index is 11.8. The summed E-state index contributed by atoms with van der Waals surface area (Å²) in [6.07, 6.45) is 0. The van der Waals surface area contributed by atoms with Crippen molar-refractivity contribution in [3.63, 3.8) is 0 Å². The van der Waals surface area contributed by atoms with Gasteiger partial charge in [-0.1, -0.05) is 22.9 Å². The second-order valence-electron chi connectivity index (χ2n) is 3.83. The molecule has 94 valence electrons. The van der Waals surface area contributed by atoms with Crippen LogP contribution in [0.1, 0.15) is 24.2 Å². The lowest BCUT2D eigenvalue weighted by Crippen LogP contribution is -2.38. The van der Waals surface area contributed by atoms with Crippen LogP contribution in [0.25, 0.3) is 0 Å². The predicted octanol–water partition coefficient (Wildman–Crippen LogP) is 1.88. The van der Waals surface area contributed by atoms with Gasteiger partial charge in [-0.05, 0) is 31.7 Å². The number of phenols is 1. The number of likely N-dealkylation sites (N-methyl/N-ethyl adjacent to an activating group) is 1. The smallest absolute Gasteiger partial charge is 0.255 e. The molecule has 0 saturated heterocycles. The Bertz CT molecular complexity index is 396. The summed E-state index contributed by atoms with van der Waals surface area (Å²) >= 11 is 3.27. The highest BCUT2D eigenvalue weighted by Crippen LogP contribution is 2.21. The SMILES string of the molecule is CCN[C@H](C)CNC(=O)c1cc(Br)ccc1O. The number of amides is 1. The first-order valence-corrected chi connectivity index (χ1v) is 6.34. The number of carbonyl (C=O) groups is 1. The summed E-state index contributed by atoms with van der Waals surface area (Å²) in [5, 5.41) is 15.5. The zero-order chi connectivity index (χ0) is 12.8. The number of rotatable bonds is 5. The van der Waals surface area contributed by atoms with Crippen molar-refractivity contribution >= 4 is 21.8 Å². The van der Waals surface area contributed by atoms with E-state index in [2.05, 4.69) is 26.6 Å². The van der Waals surface area contributed by atoms with Crippen LogP contribution < -0.4 is 10.6 Å². The monoisotopic (exact) mass is 300 g/mol. The second kappa shape index (κ2) is 6.61. The molecule has 0 saturated carbocycles. The fourth-order valence-electron chi connectivity index (χ4n) is 1.45. The number of halogens is 1. The van der Waals surface area contributed by atoms with Crippen molar-refractivity contribution in [1.29, 1.82) is 0 Å². The van der Waals surface area contributed by atoms with Crippen LogP contribution in [0.3, 0.4) is 0 Å². The Morgan fingerprint density at radius 2 is 2.24 bits per heavy atom. The molecule has 1 rings (SSSR count). The number of benzene rings is 1. The van der Waals surface area contributed by atoms with Crippen LogP contribution in [-0.2, 0) is 0 Å². The average Bonchev–Trinajstić information content (AvgIpc) is 2.29. The van der Waals surface area contributed by atoms with Gasteiger partial charge in [0.05, 0.1) is 5.56 Å². The first kappa shape index (κ1) is 14.0. The minimum Gasteiger partial charge on any atom is -0.507 e. The quantitative estimate of drug-likeness (QED) is 0.778. The van der Waals surface area contributed by atoms with Gasteiger partial charge in [0.2, 0.25) is 0 Å². The Morgan fingerprint density at radius 3 is 2.88 bits per heavy atom. The summed E-state index contributed by atoms with van der Waals surface area (Å²) in [4.78, 5) is 11.8. The van der Waals surface area contributed by atoms with Gasteiger partial charge in [-0.3, -0.25) is 4.79 Å². The molecule has 0 heterocycles. The molecule has 0 bridgehead atoms. The number of nitrogens with one attached hydrogen (secondary N) is 2. The Labute approximate surface area is 110 Å². The van der Waals surface area contributed by atoms with Crippen molar-refractivity contribution in [2.75, 3.05) is 13.1 Å². The number of carbonyl (C=O) groups excluding carboxylic acids is 1. The van der Waals surface area contributed by atoms with Gasteiger partial charge in [0.1, 0.15) is 5.75 Å². The molecule has 0 aliphatic heterocycles. The van der Waals surface area contributed by atoms with E-state index in [0.717, 1.165) is 11.0 Å². The van der Waals surface area contributed by atoms with E-state index in [4.69, 9.17) is 0 Å². The first-order valence-electron chi connectivity index (χ1n) is 5.54. The lowest BCUT2D eigenvalue weighted by Gasteiger charge is -2.13. The first-order chi connectivity index (χ1) is 8.04. The summed E-state index contributed by atoms with van der Waals surface area (Å²) in [7, 11) is 0. The van der Waals surface area contributed by atoms with E-state index < -0.39 is 0 Å². The van der Waals surface area contributed by atoms with Crippen LogP contribution in [0.2, 0.25) is 0 Å². The lowest BCUT2D eigenvalue weighted by atomic mass is 10.2. The summed E-state index contributed by atoms with van der Waals surface area (Å²) in [5.41, 5.74) is 0.281. The van der Waals surface area contributed by atoms with Crippen molar-refractivity contribution in [2.45, 2.75) is 19.9 Å². The van der Waals surface area contributed by atoms with Gasteiger partial charge in [-0.25, -0.2) is 0 Å². The molecule has 0 aliphatic rings. The van der Waals surface area contributed by atoms with Crippen LogP contribution >= 0.6 is 15.9 Å². The molecule has 3 N–H and O–H groups in total. The summed E-state index contributed by atoms with van der Waals surface area (Å²) in [6, 6.07) is 4.99. The highest BCUT2D eigenvalue weighted by Gasteiger charge is 2.12. The van der Waals surface area contributed by atoms with Crippen LogP contribution in [0, 0.1) is 0 Å². The zero-order valence-corrected chi connectivity index (χ0v) is 11.5.